The lowest BCUT2D eigenvalue weighted by molar-refractivity contribution is -0.133. The van der Waals surface area contributed by atoms with Crippen molar-refractivity contribution < 1.29 is 19.1 Å². The fraction of sp³-hybridized carbons (Fsp3) is 0.219. The molecule has 0 bridgehead atoms. The average molecular weight is 580 g/mol. The second kappa shape index (κ2) is 12.0. The number of amides is 2. The summed E-state index contributed by atoms with van der Waals surface area (Å²) >= 11 is 1.44. The van der Waals surface area contributed by atoms with Crippen LogP contribution in [0.5, 0.6) is 5.75 Å². The van der Waals surface area contributed by atoms with Crippen LogP contribution in [0.4, 0.5) is 0 Å². The number of benzene rings is 3. The molecule has 1 saturated heterocycles. The molecule has 10 heteroatoms. The van der Waals surface area contributed by atoms with E-state index in [1.165, 1.54) is 11.3 Å². The normalized spacial score (nSPS) is 13.4. The number of methoxy groups -OCH3 is 1. The van der Waals surface area contributed by atoms with Crippen molar-refractivity contribution in [3.63, 3.8) is 0 Å². The monoisotopic (exact) mass is 579 g/mol. The molecule has 2 amide bonds. The van der Waals surface area contributed by atoms with Crippen LogP contribution in [0.2, 0.25) is 0 Å². The number of fused-ring (bicyclic) bond motifs is 1. The van der Waals surface area contributed by atoms with E-state index in [0.29, 0.717) is 37.4 Å². The minimum absolute atomic E-state index is 0.0113. The van der Waals surface area contributed by atoms with Crippen molar-refractivity contribution >= 4 is 39.8 Å². The summed E-state index contributed by atoms with van der Waals surface area (Å²) in [6.45, 7) is 2.09. The summed E-state index contributed by atoms with van der Waals surface area (Å²) in [6.07, 6.45) is 2.05. The van der Waals surface area contributed by atoms with Gasteiger partial charge in [-0.05, 0) is 54.1 Å². The van der Waals surface area contributed by atoms with Gasteiger partial charge in [0.2, 0.25) is 5.91 Å². The summed E-state index contributed by atoms with van der Waals surface area (Å²) in [7, 11) is 1.62. The molecular weight excluding hydrogens is 550 g/mol. The third-order valence-corrected chi connectivity index (χ3v) is 8.24. The molecule has 3 aromatic carbocycles. The highest BCUT2D eigenvalue weighted by Gasteiger charge is 2.25. The maximum absolute atomic E-state index is 13.0. The van der Waals surface area contributed by atoms with Gasteiger partial charge in [-0.25, -0.2) is 4.98 Å². The Bertz CT molecular complexity index is 1740. The zero-order valence-electron chi connectivity index (χ0n) is 23.1. The zero-order valence-corrected chi connectivity index (χ0v) is 23.9. The van der Waals surface area contributed by atoms with Crippen molar-refractivity contribution in [2.75, 3.05) is 33.3 Å². The number of piperazine rings is 1. The van der Waals surface area contributed by atoms with Gasteiger partial charge in [0.15, 0.2) is 5.78 Å². The van der Waals surface area contributed by atoms with Crippen LogP contribution in [-0.2, 0) is 17.8 Å². The first kappa shape index (κ1) is 27.3. The molecule has 0 unspecified atom stereocenters. The van der Waals surface area contributed by atoms with Crippen molar-refractivity contribution in [1.29, 1.82) is 0 Å². The molecule has 6 rings (SSSR count). The van der Waals surface area contributed by atoms with E-state index in [-0.39, 0.29) is 30.6 Å². The predicted octanol–water partition coefficient (Wildman–Crippen LogP) is 4.58. The van der Waals surface area contributed by atoms with Crippen molar-refractivity contribution in [1.82, 2.24) is 24.6 Å². The lowest BCUT2D eigenvalue weighted by Crippen LogP contribution is -2.51. The van der Waals surface area contributed by atoms with Crippen LogP contribution in [-0.4, -0.2) is 75.5 Å². The van der Waals surface area contributed by atoms with Gasteiger partial charge >= 0.3 is 0 Å². The predicted molar refractivity (Wildman–Crippen MR) is 161 cm³/mol. The van der Waals surface area contributed by atoms with Crippen LogP contribution >= 0.6 is 11.3 Å². The third-order valence-electron chi connectivity index (χ3n) is 7.35. The number of Topliss-reactive ketones (excluding diaryl/α,β-unsaturated/α-hetero) is 1. The van der Waals surface area contributed by atoms with Gasteiger partial charge in [-0.2, -0.15) is 5.10 Å². The summed E-state index contributed by atoms with van der Waals surface area (Å²) in [5.41, 5.74) is 3.65. The molecule has 3 heterocycles. The molecule has 212 valence electrons. The Morgan fingerprint density at radius 1 is 0.905 bits per heavy atom. The summed E-state index contributed by atoms with van der Waals surface area (Å²) in [5.74, 6) is 0.659. The van der Waals surface area contributed by atoms with Crippen LogP contribution in [0.15, 0.2) is 84.4 Å². The van der Waals surface area contributed by atoms with Crippen LogP contribution < -0.4 is 4.74 Å². The summed E-state index contributed by atoms with van der Waals surface area (Å²) < 4.78 is 6.85. The minimum Gasteiger partial charge on any atom is -0.497 e. The summed E-state index contributed by atoms with van der Waals surface area (Å²) in [4.78, 5) is 46.8. The third kappa shape index (κ3) is 5.94. The molecule has 1 fully saturated rings. The van der Waals surface area contributed by atoms with Gasteiger partial charge in [-0.15, -0.1) is 11.3 Å². The Kier molecular flexibility index (Phi) is 7.78. The standard InChI is InChI=1S/C32H29N5O4S/c1-41-26-10-8-23(9-11-26)31-33-28(21-42-31)29(38)18-22-7-12-27-25(17-22)19-37(34-27)20-30(39)35-13-15-36(16-14-35)32(40)24-5-3-2-4-6-24/h2-12,17,19,21H,13-16,18,20H2,1H3. The van der Waals surface area contributed by atoms with E-state index >= 15 is 0 Å². The number of rotatable bonds is 8. The van der Waals surface area contributed by atoms with Crippen molar-refractivity contribution in [2.24, 2.45) is 0 Å². The molecular formula is C32H29N5O4S. The SMILES string of the molecule is COc1ccc(-c2nc(C(=O)Cc3ccc4nn(CC(=O)N5CCN(C(=O)c6ccccc6)CC5)cc4c3)cs2)cc1. The zero-order chi connectivity index (χ0) is 29.1. The summed E-state index contributed by atoms with van der Waals surface area (Å²) in [6, 6.07) is 22.5. The van der Waals surface area contributed by atoms with E-state index in [1.54, 1.807) is 27.0 Å². The van der Waals surface area contributed by atoms with E-state index in [0.717, 1.165) is 32.8 Å². The van der Waals surface area contributed by atoms with Crippen LogP contribution in [0, 0.1) is 0 Å². The van der Waals surface area contributed by atoms with E-state index in [2.05, 4.69) is 10.1 Å². The van der Waals surface area contributed by atoms with Gasteiger partial charge in [0, 0.05) is 60.7 Å². The number of ketones is 1. The van der Waals surface area contributed by atoms with Crippen LogP contribution in [0.1, 0.15) is 26.4 Å². The van der Waals surface area contributed by atoms with Gasteiger partial charge in [-0.1, -0.05) is 24.3 Å². The first-order valence-corrected chi connectivity index (χ1v) is 14.6. The molecule has 0 N–H and O–H groups in total. The van der Waals surface area contributed by atoms with E-state index in [9.17, 15) is 14.4 Å². The van der Waals surface area contributed by atoms with Crippen LogP contribution in [0.25, 0.3) is 21.5 Å². The number of nitrogens with zero attached hydrogens (tertiary/aromatic N) is 5. The molecule has 0 saturated carbocycles. The highest BCUT2D eigenvalue weighted by Crippen LogP contribution is 2.26. The van der Waals surface area contributed by atoms with E-state index in [1.807, 2.05) is 79.0 Å². The van der Waals surface area contributed by atoms with E-state index in [4.69, 9.17) is 4.74 Å². The lowest BCUT2D eigenvalue weighted by atomic mass is 10.1. The molecule has 0 spiro atoms. The Morgan fingerprint density at radius 2 is 1.64 bits per heavy atom. The number of ether oxygens (including phenoxy) is 1. The average Bonchev–Trinajstić information content (AvgIpc) is 3.68. The number of hydrogen-bond donors (Lipinski definition) is 0. The van der Waals surface area contributed by atoms with Crippen molar-refractivity contribution in [3.05, 3.63) is 101 Å². The highest BCUT2D eigenvalue weighted by atomic mass is 32.1. The summed E-state index contributed by atoms with van der Waals surface area (Å²) in [5, 5.41) is 8.00. The molecule has 9 nitrogen and oxygen atoms in total. The Balaban J connectivity index is 1.05. The van der Waals surface area contributed by atoms with Crippen molar-refractivity contribution in [3.8, 4) is 16.3 Å². The van der Waals surface area contributed by atoms with Gasteiger partial charge in [-0.3, -0.25) is 19.1 Å². The first-order valence-electron chi connectivity index (χ1n) is 13.7. The first-order chi connectivity index (χ1) is 20.5. The maximum Gasteiger partial charge on any atom is 0.253 e. The Morgan fingerprint density at radius 3 is 2.38 bits per heavy atom. The number of aromatic nitrogens is 3. The number of hydrogen-bond acceptors (Lipinski definition) is 7. The van der Waals surface area contributed by atoms with Gasteiger partial charge in [0.1, 0.15) is 23.0 Å². The second-order valence-electron chi connectivity index (χ2n) is 10.1. The molecule has 1 aliphatic heterocycles. The maximum atomic E-state index is 13.0. The molecule has 0 atom stereocenters. The smallest absolute Gasteiger partial charge is 0.253 e. The fourth-order valence-electron chi connectivity index (χ4n) is 5.02. The Labute approximate surface area is 247 Å². The molecule has 0 aliphatic carbocycles. The highest BCUT2D eigenvalue weighted by molar-refractivity contribution is 7.13. The quantitative estimate of drug-likeness (QED) is 0.250. The van der Waals surface area contributed by atoms with Gasteiger partial charge in [0.05, 0.1) is 12.6 Å². The molecule has 2 aromatic heterocycles. The number of carbonyl (C=O) groups excluding carboxylic acids is 3. The lowest BCUT2D eigenvalue weighted by Gasteiger charge is -2.34. The number of thiazole rings is 1. The topological polar surface area (TPSA) is 97.6 Å². The van der Waals surface area contributed by atoms with Crippen LogP contribution in [0.3, 0.4) is 0 Å². The minimum atomic E-state index is -0.0576. The van der Waals surface area contributed by atoms with Crippen molar-refractivity contribution in [2.45, 2.75) is 13.0 Å². The second-order valence-corrected chi connectivity index (χ2v) is 11.0. The molecule has 0 radical (unpaired) electrons. The van der Waals surface area contributed by atoms with E-state index < -0.39 is 0 Å². The molecule has 1 aliphatic rings. The van der Waals surface area contributed by atoms with Gasteiger partial charge < -0.3 is 14.5 Å². The Hall–Kier alpha value is -4.83. The fourth-order valence-corrected chi connectivity index (χ4v) is 5.85. The largest absolute Gasteiger partial charge is 0.497 e. The van der Waals surface area contributed by atoms with Gasteiger partial charge in [0.25, 0.3) is 5.91 Å². The number of carbonyl (C=O) groups is 3. The molecule has 42 heavy (non-hydrogen) atoms. The molecule has 5 aromatic rings.